The second kappa shape index (κ2) is 57.7. The molecule has 0 heterocycles. The Morgan fingerprint density at radius 1 is 0.174 bits per heavy atom. The van der Waals surface area contributed by atoms with Crippen molar-refractivity contribution in [2.24, 2.45) is 71.0 Å². The first-order valence-corrected chi connectivity index (χ1v) is 51.0. The summed E-state index contributed by atoms with van der Waals surface area (Å²) in [5.41, 5.74) is 8.69. The smallest absolute Gasteiger partial charge is 0.174 e. The minimum absolute atomic E-state index is 0. The van der Waals surface area contributed by atoms with Crippen LogP contribution in [0.15, 0.2) is 144 Å². The van der Waals surface area contributed by atoms with Gasteiger partial charge in [0.15, 0.2) is 93.1 Å². The van der Waals surface area contributed by atoms with E-state index in [1.807, 2.05) is 0 Å². The standard InChI is InChI=1S/4C16H18F2.4C16H16F2.4H2/c8*1-11-3-6-13(7-4-11)8-10-14-9-5-12(2)15(17)16(14)18;;;;/h4*5,9,11,13H,3-4,6-7H2,1-2H3;2*5-6,9,11H,3-4,7H2,1-2H3;2*3,5,9,13H,4,6-7H2,1-2H3;4*1H. The van der Waals surface area contributed by atoms with Gasteiger partial charge in [0, 0.05) is 41.2 Å². The molecule has 0 aromatic heterocycles. The molecule has 4 fully saturated rings. The van der Waals surface area contributed by atoms with Crippen molar-refractivity contribution in [3.63, 3.8) is 0 Å². The van der Waals surface area contributed by atoms with Crippen LogP contribution >= 0.6 is 0 Å². The number of allylic oxidation sites excluding steroid dienone is 8. The zero-order chi connectivity index (χ0) is 105. The molecule has 0 bridgehead atoms. The van der Waals surface area contributed by atoms with Gasteiger partial charge in [-0.1, -0.05) is 220 Å². The molecule has 16 rings (SSSR count). The quantitative estimate of drug-likeness (QED) is 0.0806. The van der Waals surface area contributed by atoms with Gasteiger partial charge in [-0.15, -0.1) is 0 Å². The van der Waals surface area contributed by atoms with Gasteiger partial charge >= 0.3 is 0 Å². The van der Waals surface area contributed by atoms with Crippen LogP contribution in [-0.4, -0.2) is 0 Å². The van der Waals surface area contributed by atoms with Crippen molar-refractivity contribution in [1.29, 1.82) is 0 Å². The first-order valence-electron chi connectivity index (χ1n) is 51.0. The van der Waals surface area contributed by atoms with Crippen LogP contribution in [0.2, 0.25) is 0 Å². The molecule has 144 heavy (non-hydrogen) atoms. The summed E-state index contributed by atoms with van der Waals surface area (Å²) < 4.78 is 216. The average Bonchev–Trinajstić information content (AvgIpc) is 0.868. The fourth-order valence-electron chi connectivity index (χ4n) is 17.3. The Kier molecular flexibility index (Phi) is 46.3. The summed E-state index contributed by atoms with van der Waals surface area (Å²) in [6, 6.07) is 24.9. The molecule has 4 unspecified atom stereocenters. The number of halogens is 16. The normalized spacial score (nSPS) is 21.1. The van der Waals surface area contributed by atoms with Crippen molar-refractivity contribution in [3.8, 4) is 94.7 Å². The second-order valence-electron chi connectivity index (χ2n) is 40.7. The van der Waals surface area contributed by atoms with Crippen molar-refractivity contribution < 1.29 is 76.0 Å². The van der Waals surface area contributed by atoms with E-state index in [0.29, 0.717) is 80.0 Å². The number of hydrogen-bond acceptors (Lipinski definition) is 0. The molecule has 0 amide bonds. The molecular weight excluding hydrogens is 1840 g/mol. The number of benzene rings is 8. The monoisotopic (exact) mass is 1990 g/mol. The molecule has 0 nitrogen and oxygen atoms in total. The van der Waals surface area contributed by atoms with Crippen molar-refractivity contribution in [2.75, 3.05) is 0 Å². The summed E-state index contributed by atoms with van der Waals surface area (Å²) in [5, 5.41) is 0. The Balaban J connectivity index is 0.000000296. The van der Waals surface area contributed by atoms with E-state index in [1.54, 1.807) is 140 Å². The van der Waals surface area contributed by atoms with E-state index in [9.17, 15) is 70.2 Å². The molecular formula is C128H144F16. The second-order valence-corrected chi connectivity index (χ2v) is 40.7. The summed E-state index contributed by atoms with van der Waals surface area (Å²) in [6.07, 6.45) is 38.7. The van der Waals surface area contributed by atoms with E-state index in [-0.39, 0.29) is 62.0 Å². The van der Waals surface area contributed by atoms with Gasteiger partial charge < -0.3 is 0 Å². The van der Waals surface area contributed by atoms with Crippen molar-refractivity contribution in [3.05, 3.63) is 326 Å². The predicted molar refractivity (Wildman–Crippen MR) is 561 cm³/mol. The Labute approximate surface area is 853 Å². The highest BCUT2D eigenvalue weighted by molar-refractivity contribution is 5.48. The molecule has 4 atom stereocenters. The Bertz CT molecular complexity index is 5910. The van der Waals surface area contributed by atoms with E-state index in [2.05, 4.69) is 174 Å². The molecule has 4 saturated carbocycles. The van der Waals surface area contributed by atoms with Gasteiger partial charge in [-0.25, -0.2) is 70.2 Å². The lowest BCUT2D eigenvalue weighted by Gasteiger charge is -2.21. The third-order valence-corrected chi connectivity index (χ3v) is 28.1. The van der Waals surface area contributed by atoms with Crippen LogP contribution in [0, 0.1) is 314 Å². The fraction of sp³-hybridized carbons (Fsp3) is 0.438. The van der Waals surface area contributed by atoms with Crippen molar-refractivity contribution in [2.45, 2.75) is 291 Å². The zero-order valence-corrected chi connectivity index (χ0v) is 86.3. The maximum absolute atomic E-state index is 13.6. The highest BCUT2D eigenvalue weighted by atomic mass is 19.2. The van der Waals surface area contributed by atoms with Gasteiger partial charge in [-0.3, -0.25) is 0 Å². The Hall–Kier alpha value is -11.9. The molecule has 768 valence electrons. The van der Waals surface area contributed by atoms with Crippen LogP contribution in [0.5, 0.6) is 0 Å². The Morgan fingerprint density at radius 3 is 0.521 bits per heavy atom. The largest absolute Gasteiger partial charge is 0.203 e. The summed E-state index contributed by atoms with van der Waals surface area (Å²) in [4.78, 5) is 0. The van der Waals surface area contributed by atoms with Crippen LogP contribution in [-0.2, 0) is 0 Å². The van der Waals surface area contributed by atoms with Gasteiger partial charge in [0.05, 0.1) is 44.5 Å². The van der Waals surface area contributed by atoms with Crippen LogP contribution in [0.25, 0.3) is 0 Å². The highest BCUT2D eigenvalue weighted by Gasteiger charge is 2.25. The van der Waals surface area contributed by atoms with Gasteiger partial charge in [0.1, 0.15) is 0 Å². The molecule has 8 aromatic rings. The summed E-state index contributed by atoms with van der Waals surface area (Å²) in [5.74, 6) is 40.0. The lowest BCUT2D eigenvalue weighted by molar-refractivity contribution is 0.337. The molecule has 0 aliphatic heterocycles. The maximum Gasteiger partial charge on any atom is 0.174 e. The zero-order valence-electron chi connectivity index (χ0n) is 86.3. The first-order chi connectivity index (χ1) is 68.6. The summed E-state index contributed by atoms with van der Waals surface area (Å²) in [7, 11) is 0. The van der Waals surface area contributed by atoms with E-state index < -0.39 is 93.1 Å². The lowest BCUT2D eigenvalue weighted by atomic mass is 9.83. The molecule has 0 radical (unpaired) electrons. The lowest BCUT2D eigenvalue weighted by Crippen LogP contribution is -2.10. The third kappa shape index (κ3) is 36.4. The molecule has 0 saturated heterocycles. The number of aryl methyl sites for hydroxylation is 8. The highest BCUT2D eigenvalue weighted by Crippen LogP contribution is 2.35. The molecule has 8 aliphatic carbocycles. The summed E-state index contributed by atoms with van der Waals surface area (Å²) >= 11 is 0. The third-order valence-electron chi connectivity index (χ3n) is 28.1. The predicted octanol–water partition coefficient (Wildman–Crippen LogP) is 36.3. The Morgan fingerprint density at radius 2 is 0.354 bits per heavy atom. The SMILES string of the molecule is CC1=CCC(C#Cc2ccc(C)c(F)c2F)CC1.CC1=CCC(C#Cc2ccc(C)c(F)c2F)CC1.Cc1ccc(C#CC2=CCC(C)CC2)c(F)c1F.Cc1ccc(C#CC2=CCC(C)CC2)c(F)c1F.Cc1ccc(C#CC2CCC(C)CC2)c(F)c1F.Cc1ccc(C#CC2CCC(C)CC2)c(F)c1F.Cc1ccc(C#CC2CCC(C)CC2)c(F)c1F.Cc1ccc(C#CC2CCC(C)CC2)c(F)c1F.[HH].[HH].[HH].[HH]. The van der Waals surface area contributed by atoms with Gasteiger partial charge in [0.25, 0.3) is 0 Å². The van der Waals surface area contributed by atoms with Crippen LogP contribution in [0.3, 0.4) is 0 Å². The van der Waals surface area contributed by atoms with Gasteiger partial charge in [0.2, 0.25) is 0 Å². The topological polar surface area (TPSA) is 0 Å². The minimum atomic E-state index is -0.840. The summed E-state index contributed by atoms with van der Waals surface area (Å²) in [6.45, 7) is 30.0. The number of rotatable bonds is 0. The average molecular weight is 1990 g/mol. The van der Waals surface area contributed by atoms with Crippen LogP contribution < -0.4 is 0 Å². The first kappa shape index (κ1) is 116. The minimum Gasteiger partial charge on any atom is -0.203 e. The molecule has 8 aromatic carbocycles. The molecule has 0 N–H and O–H groups in total. The fourth-order valence-corrected chi connectivity index (χ4v) is 17.3. The van der Waals surface area contributed by atoms with Crippen LogP contribution in [0.1, 0.15) is 330 Å². The molecule has 8 aliphatic rings. The van der Waals surface area contributed by atoms with Crippen molar-refractivity contribution >= 4 is 0 Å². The molecule has 16 heteroatoms. The van der Waals surface area contributed by atoms with Crippen molar-refractivity contribution in [1.82, 2.24) is 0 Å². The van der Waals surface area contributed by atoms with E-state index in [4.69, 9.17) is 0 Å². The molecule has 0 spiro atoms. The number of hydrogen-bond donors (Lipinski definition) is 0. The van der Waals surface area contributed by atoms with Crippen LogP contribution in [0.4, 0.5) is 70.2 Å². The van der Waals surface area contributed by atoms with E-state index in [1.165, 1.54) is 74.6 Å². The maximum atomic E-state index is 13.6. The van der Waals surface area contributed by atoms with E-state index in [0.717, 1.165) is 163 Å². The van der Waals surface area contributed by atoms with E-state index >= 15 is 0 Å². The van der Waals surface area contributed by atoms with Gasteiger partial charge in [-0.05, 0) is 389 Å². The van der Waals surface area contributed by atoms with Gasteiger partial charge in [-0.2, -0.15) is 0 Å².